The first kappa shape index (κ1) is 36.6. The molecule has 0 atom stereocenters. The van der Waals surface area contributed by atoms with Crippen molar-refractivity contribution in [3.63, 3.8) is 0 Å². The summed E-state index contributed by atoms with van der Waals surface area (Å²) in [5.41, 5.74) is 19.3. The zero-order valence-electron chi connectivity index (χ0n) is 34.5. The molecule has 0 saturated carbocycles. The average Bonchev–Trinajstić information content (AvgIpc) is 3.89. The van der Waals surface area contributed by atoms with Gasteiger partial charge in [-0.3, -0.25) is 0 Å². The van der Waals surface area contributed by atoms with Crippen molar-refractivity contribution in [3.05, 3.63) is 271 Å². The number of furan rings is 1. The van der Waals surface area contributed by atoms with Gasteiger partial charge in [0.15, 0.2) is 0 Å². The van der Waals surface area contributed by atoms with Gasteiger partial charge in [-0.1, -0.05) is 188 Å². The highest BCUT2D eigenvalue weighted by molar-refractivity contribution is 6.06. The molecule has 1 aromatic heterocycles. The molecule has 1 aliphatic carbocycles. The monoisotopic (exact) mass is 803 g/mol. The molecule has 1 heterocycles. The summed E-state index contributed by atoms with van der Waals surface area (Å²) in [7, 11) is 0. The lowest BCUT2D eigenvalue weighted by molar-refractivity contribution is 0.669. The normalized spacial score (nSPS) is 12.6. The summed E-state index contributed by atoms with van der Waals surface area (Å²) in [6.07, 6.45) is 0. The smallest absolute Gasteiger partial charge is 0.136 e. The van der Waals surface area contributed by atoms with Crippen LogP contribution in [0.2, 0.25) is 0 Å². The average molecular weight is 804 g/mol. The maximum Gasteiger partial charge on any atom is 0.136 e. The van der Waals surface area contributed by atoms with Crippen molar-refractivity contribution in [2.75, 3.05) is 4.90 Å². The van der Waals surface area contributed by atoms with E-state index in [1.54, 1.807) is 0 Å². The Morgan fingerprint density at radius 2 is 0.778 bits per heavy atom. The first-order chi connectivity index (χ1) is 31.2. The third kappa shape index (κ3) is 6.10. The van der Waals surface area contributed by atoms with Gasteiger partial charge in [-0.2, -0.15) is 0 Å². The van der Waals surface area contributed by atoms with E-state index in [1.165, 1.54) is 50.1 Å². The predicted octanol–water partition coefficient (Wildman–Crippen LogP) is 16.4. The summed E-state index contributed by atoms with van der Waals surface area (Å²) < 4.78 is 6.27. The first-order valence-corrected chi connectivity index (χ1v) is 21.7. The Bertz CT molecular complexity index is 3380. The molecule has 0 unspecified atom stereocenters. The third-order valence-electron chi connectivity index (χ3n) is 13.0. The van der Waals surface area contributed by atoms with Gasteiger partial charge in [-0.05, 0) is 127 Å². The van der Waals surface area contributed by atoms with Gasteiger partial charge >= 0.3 is 0 Å². The molecule has 63 heavy (non-hydrogen) atoms. The third-order valence-corrected chi connectivity index (χ3v) is 13.0. The highest BCUT2D eigenvalue weighted by Crippen LogP contribution is 2.56. The lowest BCUT2D eigenvalue weighted by atomic mass is 9.67. The molecule has 0 N–H and O–H groups in total. The van der Waals surface area contributed by atoms with E-state index in [-0.39, 0.29) is 0 Å². The second kappa shape index (κ2) is 15.1. The molecule has 12 rings (SSSR count). The van der Waals surface area contributed by atoms with Gasteiger partial charge in [0.25, 0.3) is 0 Å². The van der Waals surface area contributed by atoms with Gasteiger partial charge in [0.1, 0.15) is 11.2 Å². The number of hydrogen-bond acceptors (Lipinski definition) is 2. The summed E-state index contributed by atoms with van der Waals surface area (Å²) in [5, 5.41) is 2.28. The van der Waals surface area contributed by atoms with Crippen LogP contribution in [0.25, 0.3) is 66.4 Å². The number of rotatable bonds is 8. The Morgan fingerprint density at radius 3 is 1.49 bits per heavy atom. The summed E-state index contributed by atoms with van der Waals surface area (Å²) in [6, 6.07) is 90.2. The van der Waals surface area contributed by atoms with Crippen molar-refractivity contribution < 1.29 is 4.42 Å². The van der Waals surface area contributed by atoms with Crippen LogP contribution in [0.4, 0.5) is 17.1 Å². The quantitative estimate of drug-likeness (QED) is 0.152. The maximum absolute atomic E-state index is 6.27. The van der Waals surface area contributed by atoms with Gasteiger partial charge in [-0.25, -0.2) is 0 Å². The summed E-state index contributed by atoms with van der Waals surface area (Å²) >= 11 is 0. The van der Waals surface area contributed by atoms with E-state index in [0.29, 0.717) is 0 Å². The minimum absolute atomic E-state index is 0.429. The van der Waals surface area contributed by atoms with Gasteiger partial charge in [-0.15, -0.1) is 0 Å². The van der Waals surface area contributed by atoms with Crippen LogP contribution < -0.4 is 4.90 Å². The van der Waals surface area contributed by atoms with Crippen LogP contribution in [0.3, 0.4) is 0 Å². The van der Waals surface area contributed by atoms with Crippen molar-refractivity contribution in [1.82, 2.24) is 0 Å². The maximum atomic E-state index is 6.27. The number of anilines is 3. The van der Waals surface area contributed by atoms with Crippen LogP contribution in [0, 0.1) is 0 Å². The highest BCUT2D eigenvalue weighted by atomic mass is 16.3. The fourth-order valence-corrected chi connectivity index (χ4v) is 10.0. The van der Waals surface area contributed by atoms with Crippen LogP contribution in [-0.2, 0) is 5.41 Å². The molecule has 0 spiro atoms. The molecular formula is C61H41NO. The summed E-state index contributed by atoms with van der Waals surface area (Å²) in [5.74, 6) is 0. The van der Waals surface area contributed by atoms with Gasteiger partial charge in [0.05, 0.1) is 5.41 Å². The number of fused-ring (bicyclic) bond motifs is 6. The van der Waals surface area contributed by atoms with Crippen LogP contribution in [0.5, 0.6) is 0 Å². The van der Waals surface area contributed by atoms with E-state index in [0.717, 1.165) is 55.7 Å². The van der Waals surface area contributed by atoms with Crippen molar-refractivity contribution in [2.45, 2.75) is 5.41 Å². The van der Waals surface area contributed by atoms with E-state index in [1.807, 2.05) is 12.1 Å². The predicted molar refractivity (Wildman–Crippen MR) is 262 cm³/mol. The molecule has 0 fully saturated rings. The topological polar surface area (TPSA) is 16.4 Å². The molecule has 0 radical (unpaired) electrons. The van der Waals surface area contributed by atoms with E-state index in [4.69, 9.17) is 4.42 Å². The van der Waals surface area contributed by atoms with Crippen LogP contribution in [-0.4, -0.2) is 0 Å². The second-order valence-electron chi connectivity index (χ2n) is 16.4. The molecule has 0 saturated heterocycles. The molecule has 10 aromatic carbocycles. The van der Waals surface area contributed by atoms with E-state index >= 15 is 0 Å². The van der Waals surface area contributed by atoms with Gasteiger partial charge < -0.3 is 9.32 Å². The second-order valence-corrected chi connectivity index (χ2v) is 16.4. The molecule has 2 nitrogen and oxygen atoms in total. The Balaban J connectivity index is 0.961. The molecule has 2 heteroatoms. The van der Waals surface area contributed by atoms with E-state index < -0.39 is 5.41 Å². The number of benzene rings is 10. The molecule has 11 aromatic rings. The van der Waals surface area contributed by atoms with Crippen molar-refractivity contribution in [2.24, 2.45) is 0 Å². The molecule has 0 aliphatic heterocycles. The Kier molecular flexibility index (Phi) is 8.76. The van der Waals surface area contributed by atoms with E-state index in [2.05, 4.69) is 241 Å². The molecule has 1 aliphatic rings. The van der Waals surface area contributed by atoms with Crippen molar-refractivity contribution in [1.29, 1.82) is 0 Å². The lowest BCUT2D eigenvalue weighted by Crippen LogP contribution is -2.28. The number of hydrogen-bond donors (Lipinski definition) is 0. The fraction of sp³-hybridized carbons (Fsp3) is 0.0164. The fourth-order valence-electron chi connectivity index (χ4n) is 10.0. The van der Waals surface area contributed by atoms with Gasteiger partial charge in [0, 0.05) is 27.8 Å². The Labute approximate surface area is 367 Å². The Morgan fingerprint density at radius 1 is 0.286 bits per heavy atom. The number of para-hydroxylation sites is 1. The zero-order valence-corrected chi connectivity index (χ0v) is 34.5. The van der Waals surface area contributed by atoms with Crippen molar-refractivity contribution in [3.8, 4) is 44.5 Å². The standard InChI is InChI=1S/C61H41NO/c1-4-15-42(16-5-1)43-27-33-50(34-28-43)62(51-35-29-44(30-36-51)47-31-37-55-54-24-11-13-26-59(54)63-60(55)41-47)52-22-14-17-45(39-52)46-32-38-58-56(40-46)53-23-10-12-25-57(53)61(58,48-18-6-2-7-19-48)49-20-8-3-9-21-49/h1-41H. The molecule has 0 bridgehead atoms. The molecule has 0 amide bonds. The Hall–Kier alpha value is -8.20. The van der Waals surface area contributed by atoms with E-state index in [9.17, 15) is 0 Å². The molecule has 296 valence electrons. The summed E-state index contributed by atoms with van der Waals surface area (Å²) in [6.45, 7) is 0. The minimum Gasteiger partial charge on any atom is -0.456 e. The lowest BCUT2D eigenvalue weighted by Gasteiger charge is -2.33. The minimum atomic E-state index is -0.429. The largest absolute Gasteiger partial charge is 0.456 e. The number of nitrogens with zero attached hydrogens (tertiary/aromatic N) is 1. The van der Waals surface area contributed by atoms with Gasteiger partial charge in [0.2, 0.25) is 0 Å². The SMILES string of the molecule is c1ccc(-c2ccc(N(c3ccc(-c4ccc5c(c4)oc4ccccc45)cc3)c3cccc(-c4ccc5c(c4)-c4ccccc4C5(c4ccccc4)c4ccccc4)c3)cc2)cc1. The summed E-state index contributed by atoms with van der Waals surface area (Å²) in [4.78, 5) is 2.36. The highest BCUT2D eigenvalue weighted by Gasteiger charge is 2.46. The molecular weight excluding hydrogens is 763 g/mol. The van der Waals surface area contributed by atoms with Crippen LogP contribution >= 0.6 is 0 Å². The first-order valence-electron chi connectivity index (χ1n) is 21.7. The van der Waals surface area contributed by atoms with Crippen LogP contribution in [0.1, 0.15) is 22.3 Å². The van der Waals surface area contributed by atoms with Crippen molar-refractivity contribution >= 4 is 39.0 Å². The van der Waals surface area contributed by atoms with Crippen LogP contribution in [0.15, 0.2) is 253 Å². The zero-order chi connectivity index (χ0) is 41.7.